The number of ether oxygens (including phenoxy) is 2. The van der Waals surface area contributed by atoms with Gasteiger partial charge in [0.05, 0.1) is 20.3 Å². The van der Waals surface area contributed by atoms with Crippen molar-refractivity contribution in [3.8, 4) is 11.5 Å². The monoisotopic (exact) mass is 353 g/mol. The normalized spacial score (nSPS) is 12.0. The zero-order chi connectivity index (χ0) is 18.7. The predicted octanol–water partition coefficient (Wildman–Crippen LogP) is 4.64. The highest BCUT2D eigenvalue weighted by molar-refractivity contribution is 5.99. The van der Waals surface area contributed by atoms with Gasteiger partial charge in [0.2, 0.25) is 0 Å². The van der Waals surface area contributed by atoms with Crippen LogP contribution in [0.3, 0.4) is 0 Å². The van der Waals surface area contributed by atoms with Gasteiger partial charge in [-0.25, -0.2) is 0 Å². The Morgan fingerprint density at radius 3 is 2.35 bits per heavy atom. The molecule has 1 atom stereocenters. The molecule has 26 heavy (non-hydrogen) atoms. The Hall–Kier alpha value is -2.95. The fourth-order valence-electron chi connectivity index (χ4n) is 3.02. The molecule has 2 aromatic carbocycles. The van der Waals surface area contributed by atoms with Gasteiger partial charge in [-0.1, -0.05) is 19.1 Å². The molecule has 0 spiro atoms. The van der Waals surface area contributed by atoms with E-state index in [0.717, 1.165) is 34.4 Å². The van der Waals surface area contributed by atoms with Gasteiger partial charge in [-0.05, 0) is 49.2 Å². The highest BCUT2D eigenvalue weighted by atomic mass is 16.5. The van der Waals surface area contributed by atoms with Crippen LogP contribution >= 0.6 is 0 Å². The molecule has 0 radical (unpaired) electrons. The minimum atomic E-state index is -0.222. The molecular formula is C21H23NO4. The first-order valence-corrected chi connectivity index (χ1v) is 8.59. The molecule has 0 bridgehead atoms. The van der Waals surface area contributed by atoms with E-state index in [4.69, 9.17) is 13.9 Å². The van der Waals surface area contributed by atoms with E-state index in [9.17, 15) is 4.79 Å². The van der Waals surface area contributed by atoms with E-state index in [2.05, 4.69) is 5.32 Å². The summed E-state index contributed by atoms with van der Waals surface area (Å²) >= 11 is 0. The second kappa shape index (κ2) is 7.52. The predicted molar refractivity (Wildman–Crippen MR) is 101 cm³/mol. The standard InChI is InChI=1S/C21H23NO4/c1-5-18(14-6-8-15(24-3)9-7-14)22-21(23)20-13(2)17-12-16(25-4)10-11-19(17)26-20/h6-12,18H,5H2,1-4H3,(H,22,23)/t18-/m0/s1. The van der Waals surface area contributed by atoms with Crippen molar-refractivity contribution in [1.29, 1.82) is 0 Å². The van der Waals surface area contributed by atoms with E-state index < -0.39 is 0 Å². The third kappa shape index (κ3) is 3.38. The van der Waals surface area contributed by atoms with Crippen LogP contribution in [0.2, 0.25) is 0 Å². The molecule has 0 aliphatic rings. The van der Waals surface area contributed by atoms with Crippen LogP contribution in [0, 0.1) is 6.92 Å². The van der Waals surface area contributed by atoms with Crippen molar-refractivity contribution in [3.05, 3.63) is 59.4 Å². The second-order valence-corrected chi connectivity index (χ2v) is 6.13. The summed E-state index contributed by atoms with van der Waals surface area (Å²) in [6.07, 6.45) is 0.769. The largest absolute Gasteiger partial charge is 0.497 e. The van der Waals surface area contributed by atoms with E-state index in [1.807, 2.05) is 56.3 Å². The molecule has 1 aromatic heterocycles. The van der Waals surface area contributed by atoms with Crippen molar-refractivity contribution in [2.45, 2.75) is 26.3 Å². The molecule has 1 heterocycles. The quantitative estimate of drug-likeness (QED) is 0.701. The van der Waals surface area contributed by atoms with Crippen LogP contribution in [0.4, 0.5) is 0 Å². The maximum Gasteiger partial charge on any atom is 0.287 e. The third-order valence-electron chi connectivity index (χ3n) is 4.58. The number of carbonyl (C=O) groups excluding carboxylic acids is 1. The van der Waals surface area contributed by atoms with Crippen LogP contribution in [0.5, 0.6) is 11.5 Å². The zero-order valence-corrected chi connectivity index (χ0v) is 15.5. The topological polar surface area (TPSA) is 60.7 Å². The van der Waals surface area contributed by atoms with Crippen molar-refractivity contribution < 1.29 is 18.7 Å². The summed E-state index contributed by atoms with van der Waals surface area (Å²) in [6, 6.07) is 13.1. The van der Waals surface area contributed by atoms with E-state index in [1.54, 1.807) is 14.2 Å². The molecule has 136 valence electrons. The molecule has 0 aliphatic carbocycles. The molecule has 1 amide bonds. The number of hydrogen-bond donors (Lipinski definition) is 1. The number of rotatable bonds is 6. The molecule has 0 saturated heterocycles. The van der Waals surface area contributed by atoms with Crippen molar-refractivity contribution in [2.24, 2.45) is 0 Å². The molecule has 3 aromatic rings. The number of aryl methyl sites for hydroxylation is 1. The van der Waals surface area contributed by atoms with Crippen molar-refractivity contribution in [2.75, 3.05) is 14.2 Å². The first-order valence-electron chi connectivity index (χ1n) is 8.59. The van der Waals surface area contributed by atoms with Crippen LogP contribution in [-0.4, -0.2) is 20.1 Å². The van der Waals surface area contributed by atoms with Crippen LogP contribution in [0.25, 0.3) is 11.0 Å². The number of amides is 1. The summed E-state index contributed by atoms with van der Waals surface area (Å²) in [5.41, 5.74) is 2.50. The Labute approximate surface area is 152 Å². The molecule has 0 unspecified atom stereocenters. The van der Waals surface area contributed by atoms with Gasteiger partial charge in [0.1, 0.15) is 17.1 Å². The minimum Gasteiger partial charge on any atom is -0.497 e. The Morgan fingerprint density at radius 1 is 1.08 bits per heavy atom. The molecule has 0 saturated carbocycles. The average Bonchev–Trinajstić information content (AvgIpc) is 3.02. The summed E-state index contributed by atoms with van der Waals surface area (Å²) in [6.45, 7) is 3.92. The van der Waals surface area contributed by atoms with Gasteiger partial charge in [-0.2, -0.15) is 0 Å². The van der Waals surface area contributed by atoms with Crippen LogP contribution < -0.4 is 14.8 Å². The molecule has 3 rings (SSSR count). The summed E-state index contributed by atoms with van der Waals surface area (Å²) in [5.74, 6) is 1.63. The van der Waals surface area contributed by atoms with E-state index in [0.29, 0.717) is 11.3 Å². The number of benzene rings is 2. The third-order valence-corrected chi connectivity index (χ3v) is 4.58. The first-order chi connectivity index (χ1) is 12.6. The maximum absolute atomic E-state index is 12.8. The smallest absolute Gasteiger partial charge is 0.287 e. The highest BCUT2D eigenvalue weighted by Gasteiger charge is 2.21. The molecule has 5 nitrogen and oxygen atoms in total. The summed E-state index contributed by atoms with van der Waals surface area (Å²) in [4.78, 5) is 12.8. The van der Waals surface area contributed by atoms with Crippen molar-refractivity contribution >= 4 is 16.9 Å². The number of carbonyl (C=O) groups is 1. The first kappa shape index (κ1) is 17.9. The fourth-order valence-corrected chi connectivity index (χ4v) is 3.02. The number of nitrogens with one attached hydrogen (secondary N) is 1. The minimum absolute atomic E-state index is 0.101. The van der Waals surface area contributed by atoms with Crippen LogP contribution in [0.15, 0.2) is 46.9 Å². The Morgan fingerprint density at radius 2 is 1.73 bits per heavy atom. The van der Waals surface area contributed by atoms with E-state index in [1.165, 1.54) is 0 Å². The number of hydrogen-bond acceptors (Lipinski definition) is 4. The molecule has 0 aliphatic heterocycles. The van der Waals surface area contributed by atoms with Gasteiger partial charge in [-0.3, -0.25) is 4.79 Å². The Kier molecular flexibility index (Phi) is 5.16. The maximum atomic E-state index is 12.8. The van der Waals surface area contributed by atoms with Crippen LogP contribution in [0.1, 0.15) is 41.1 Å². The van der Waals surface area contributed by atoms with E-state index >= 15 is 0 Å². The van der Waals surface area contributed by atoms with Gasteiger partial charge in [-0.15, -0.1) is 0 Å². The fraction of sp³-hybridized carbons (Fsp3) is 0.286. The highest BCUT2D eigenvalue weighted by Crippen LogP contribution is 2.29. The lowest BCUT2D eigenvalue weighted by Gasteiger charge is -2.17. The number of furan rings is 1. The van der Waals surface area contributed by atoms with Crippen molar-refractivity contribution in [1.82, 2.24) is 5.32 Å². The molecule has 0 fully saturated rings. The SMILES string of the molecule is CC[C@H](NC(=O)c1oc2ccc(OC)cc2c1C)c1ccc(OC)cc1. The Bertz CT molecular complexity index is 912. The van der Waals surface area contributed by atoms with Crippen molar-refractivity contribution in [3.63, 3.8) is 0 Å². The molecular weight excluding hydrogens is 330 g/mol. The molecule has 1 N–H and O–H groups in total. The van der Waals surface area contributed by atoms with Crippen LogP contribution in [-0.2, 0) is 0 Å². The Balaban J connectivity index is 1.85. The van der Waals surface area contributed by atoms with E-state index in [-0.39, 0.29) is 11.9 Å². The summed E-state index contributed by atoms with van der Waals surface area (Å²) in [7, 11) is 3.25. The lowest BCUT2D eigenvalue weighted by atomic mass is 10.0. The van der Waals surface area contributed by atoms with Gasteiger partial charge >= 0.3 is 0 Å². The summed E-state index contributed by atoms with van der Waals surface area (Å²) in [5, 5.41) is 3.94. The number of methoxy groups -OCH3 is 2. The summed E-state index contributed by atoms with van der Waals surface area (Å²) < 4.78 is 16.2. The zero-order valence-electron chi connectivity index (χ0n) is 15.5. The molecule has 5 heteroatoms. The van der Waals surface area contributed by atoms with Gasteiger partial charge < -0.3 is 19.2 Å². The van der Waals surface area contributed by atoms with Gasteiger partial charge in [0.15, 0.2) is 5.76 Å². The second-order valence-electron chi connectivity index (χ2n) is 6.13. The average molecular weight is 353 g/mol. The number of fused-ring (bicyclic) bond motifs is 1. The van der Waals surface area contributed by atoms with Gasteiger partial charge in [0, 0.05) is 10.9 Å². The lowest BCUT2D eigenvalue weighted by molar-refractivity contribution is 0.0909. The van der Waals surface area contributed by atoms with Gasteiger partial charge in [0.25, 0.3) is 5.91 Å². The lowest BCUT2D eigenvalue weighted by Crippen LogP contribution is -2.28.